The monoisotopic (exact) mass is 344 g/mol. The Morgan fingerprint density at radius 3 is 2.67 bits per heavy atom. The van der Waals surface area contributed by atoms with E-state index in [0.29, 0.717) is 20.2 Å². The first kappa shape index (κ1) is 13.3. The van der Waals surface area contributed by atoms with Crippen molar-refractivity contribution in [1.82, 2.24) is 4.98 Å². The van der Waals surface area contributed by atoms with Crippen LogP contribution in [0, 0.1) is 0 Å². The van der Waals surface area contributed by atoms with E-state index < -0.39 is 0 Å². The minimum absolute atomic E-state index is 0.284. The third-order valence-corrected chi connectivity index (χ3v) is 3.78. The molecule has 0 spiro atoms. The first-order valence-electron chi connectivity index (χ1n) is 4.95. The molecule has 92 valence electrons. The zero-order valence-electron chi connectivity index (χ0n) is 8.95. The fourth-order valence-corrected chi connectivity index (χ4v) is 1.95. The Morgan fingerprint density at radius 1 is 1.22 bits per heavy atom. The highest BCUT2D eigenvalue weighted by atomic mass is 79.9. The lowest BCUT2D eigenvalue weighted by Gasteiger charge is -2.07. The summed E-state index contributed by atoms with van der Waals surface area (Å²) in [6.07, 6.45) is 1.42. The van der Waals surface area contributed by atoms with E-state index in [1.165, 1.54) is 6.20 Å². The average Bonchev–Trinajstić information content (AvgIpc) is 2.36. The zero-order chi connectivity index (χ0) is 13.1. The molecular weight excluding hydrogens is 339 g/mol. The molecule has 0 atom stereocenters. The van der Waals surface area contributed by atoms with Crippen LogP contribution < -0.4 is 5.32 Å². The van der Waals surface area contributed by atoms with Crippen molar-refractivity contribution in [3.8, 4) is 0 Å². The SMILES string of the molecule is O=C(Nc1cccc(Cl)c1Br)c1ccc(Cl)cn1. The number of nitrogens with one attached hydrogen (secondary N) is 1. The van der Waals surface area contributed by atoms with Crippen molar-refractivity contribution in [3.63, 3.8) is 0 Å². The van der Waals surface area contributed by atoms with Gasteiger partial charge in [0, 0.05) is 6.20 Å². The molecule has 0 aliphatic rings. The van der Waals surface area contributed by atoms with Crippen LogP contribution in [0.1, 0.15) is 10.5 Å². The fourth-order valence-electron chi connectivity index (χ4n) is 1.30. The van der Waals surface area contributed by atoms with Gasteiger partial charge in [0.2, 0.25) is 0 Å². The Hall–Kier alpha value is -1.10. The summed E-state index contributed by atoms with van der Waals surface area (Å²) in [5, 5.41) is 3.72. The molecule has 2 aromatic rings. The molecule has 1 aromatic heterocycles. The molecule has 1 heterocycles. The van der Waals surface area contributed by atoms with Crippen LogP contribution in [-0.4, -0.2) is 10.9 Å². The molecule has 0 aliphatic carbocycles. The van der Waals surface area contributed by atoms with E-state index in [1.54, 1.807) is 30.3 Å². The zero-order valence-corrected chi connectivity index (χ0v) is 12.1. The van der Waals surface area contributed by atoms with Crippen LogP contribution in [0.15, 0.2) is 41.0 Å². The Morgan fingerprint density at radius 2 is 2.00 bits per heavy atom. The van der Waals surface area contributed by atoms with Crippen molar-refractivity contribution in [2.75, 3.05) is 5.32 Å². The summed E-state index contributed by atoms with van der Waals surface area (Å²) in [5.74, 6) is -0.324. The number of hydrogen-bond donors (Lipinski definition) is 1. The average molecular weight is 346 g/mol. The lowest BCUT2D eigenvalue weighted by Crippen LogP contribution is -2.13. The summed E-state index contributed by atoms with van der Waals surface area (Å²) >= 11 is 14.9. The van der Waals surface area contributed by atoms with E-state index >= 15 is 0 Å². The first-order chi connectivity index (χ1) is 8.58. The fraction of sp³-hybridized carbons (Fsp3) is 0. The second kappa shape index (κ2) is 5.69. The molecule has 0 saturated carbocycles. The second-order valence-corrected chi connectivity index (χ2v) is 5.05. The van der Waals surface area contributed by atoms with Crippen LogP contribution in [0.3, 0.4) is 0 Å². The van der Waals surface area contributed by atoms with E-state index in [0.717, 1.165) is 0 Å². The van der Waals surface area contributed by atoms with Crippen molar-refractivity contribution in [2.45, 2.75) is 0 Å². The van der Waals surface area contributed by atoms with Gasteiger partial charge in [-0.05, 0) is 40.2 Å². The summed E-state index contributed by atoms with van der Waals surface area (Å²) in [7, 11) is 0. The van der Waals surface area contributed by atoms with Gasteiger partial charge >= 0.3 is 0 Å². The maximum atomic E-state index is 11.9. The number of pyridine rings is 1. The summed E-state index contributed by atoms with van der Waals surface area (Å²) in [6, 6.07) is 8.37. The lowest BCUT2D eigenvalue weighted by molar-refractivity contribution is 0.102. The highest BCUT2D eigenvalue weighted by Gasteiger charge is 2.10. The number of benzene rings is 1. The molecule has 0 bridgehead atoms. The van der Waals surface area contributed by atoms with Crippen LogP contribution in [0.4, 0.5) is 5.69 Å². The molecule has 2 rings (SSSR count). The third-order valence-electron chi connectivity index (χ3n) is 2.16. The van der Waals surface area contributed by atoms with Gasteiger partial charge < -0.3 is 5.32 Å². The van der Waals surface area contributed by atoms with Gasteiger partial charge in [0.15, 0.2) is 0 Å². The van der Waals surface area contributed by atoms with Crippen LogP contribution >= 0.6 is 39.1 Å². The number of nitrogens with zero attached hydrogens (tertiary/aromatic N) is 1. The van der Waals surface area contributed by atoms with E-state index in [2.05, 4.69) is 26.2 Å². The Bertz CT molecular complexity index is 587. The van der Waals surface area contributed by atoms with E-state index in [1.807, 2.05) is 0 Å². The van der Waals surface area contributed by atoms with Gasteiger partial charge in [-0.25, -0.2) is 4.98 Å². The summed E-state index contributed by atoms with van der Waals surface area (Å²) < 4.78 is 0.633. The highest BCUT2D eigenvalue weighted by molar-refractivity contribution is 9.10. The van der Waals surface area contributed by atoms with Gasteiger partial charge in [0.25, 0.3) is 5.91 Å². The molecule has 1 amide bonds. The standard InChI is InChI=1S/C12H7BrCl2N2O/c13-11-8(15)2-1-3-9(11)17-12(18)10-5-4-7(14)6-16-10/h1-6H,(H,17,18). The summed E-state index contributed by atoms with van der Waals surface area (Å²) in [4.78, 5) is 15.8. The van der Waals surface area contributed by atoms with Gasteiger partial charge in [-0.2, -0.15) is 0 Å². The van der Waals surface area contributed by atoms with Crippen molar-refractivity contribution < 1.29 is 4.79 Å². The van der Waals surface area contributed by atoms with Crippen molar-refractivity contribution in [1.29, 1.82) is 0 Å². The van der Waals surface area contributed by atoms with Gasteiger partial charge in [-0.1, -0.05) is 29.3 Å². The summed E-state index contributed by atoms with van der Waals surface area (Å²) in [5.41, 5.74) is 0.871. The molecule has 18 heavy (non-hydrogen) atoms. The number of anilines is 1. The highest BCUT2D eigenvalue weighted by Crippen LogP contribution is 2.30. The quantitative estimate of drug-likeness (QED) is 0.876. The van der Waals surface area contributed by atoms with Crippen molar-refractivity contribution >= 4 is 50.7 Å². The van der Waals surface area contributed by atoms with E-state index in [9.17, 15) is 4.79 Å². The van der Waals surface area contributed by atoms with Crippen molar-refractivity contribution in [2.24, 2.45) is 0 Å². The number of carbonyl (C=O) groups is 1. The van der Waals surface area contributed by atoms with Crippen molar-refractivity contribution in [3.05, 3.63) is 56.7 Å². The second-order valence-electron chi connectivity index (χ2n) is 3.42. The van der Waals surface area contributed by atoms with Gasteiger partial charge in [0.05, 0.1) is 20.2 Å². The molecule has 6 heteroatoms. The lowest BCUT2D eigenvalue weighted by atomic mass is 10.3. The minimum Gasteiger partial charge on any atom is -0.320 e. The third kappa shape index (κ3) is 3.02. The van der Waals surface area contributed by atoms with Gasteiger partial charge in [-0.3, -0.25) is 4.79 Å². The molecule has 1 N–H and O–H groups in total. The topological polar surface area (TPSA) is 42.0 Å². The predicted octanol–water partition coefficient (Wildman–Crippen LogP) is 4.40. The number of halogens is 3. The molecule has 0 saturated heterocycles. The van der Waals surface area contributed by atoms with Gasteiger partial charge in [-0.15, -0.1) is 0 Å². The van der Waals surface area contributed by atoms with Crippen LogP contribution in [0.5, 0.6) is 0 Å². The van der Waals surface area contributed by atoms with Crippen LogP contribution in [0.2, 0.25) is 10.0 Å². The molecule has 0 fully saturated rings. The molecule has 0 radical (unpaired) electrons. The molecular formula is C12H7BrCl2N2O. The van der Waals surface area contributed by atoms with E-state index in [-0.39, 0.29) is 11.6 Å². The molecule has 0 unspecified atom stereocenters. The number of aromatic nitrogens is 1. The summed E-state index contributed by atoms with van der Waals surface area (Å²) in [6.45, 7) is 0. The molecule has 0 aliphatic heterocycles. The normalized spacial score (nSPS) is 10.2. The number of hydrogen-bond acceptors (Lipinski definition) is 2. The number of rotatable bonds is 2. The van der Waals surface area contributed by atoms with E-state index in [4.69, 9.17) is 23.2 Å². The number of amides is 1. The first-order valence-corrected chi connectivity index (χ1v) is 6.50. The Balaban J connectivity index is 2.21. The maximum Gasteiger partial charge on any atom is 0.274 e. The van der Waals surface area contributed by atoms with Gasteiger partial charge in [0.1, 0.15) is 5.69 Å². The molecule has 1 aromatic carbocycles. The van der Waals surface area contributed by atoms with Crippen LogP contribution in [0.25, 0.3) is 0 Å². The smallest absolute Gasteiger partial charge is 0.274 e. The predicted molar refractivity (Wildman–Crippen MR) is 76.4 cm³/mol. The Labute approximate surface area is 122 Å². The maximum absolute atomic E-state index is 11.9. The molecule has 3 nitrogen and oxygen atoms in total. The number of carbonyl (C=O) groups excluding carboxylic acids is 1. The Kier molecular flexibility index (Phi) is 4.22. The minimum atomic E-state index is -0.324. The van der Waals surface area contributed by atoms with Crippen LogP contribution in [-0.2, 0) is 0 Å². The largest absolute Gasteiger partial charge is 0.320 e.